The minimum Gasteiger partial charge on any atom is -0.352 e. The smallest absolute Gasteiger partial charge is 0.244 e. The highest BCUT2D eigenvalue weighted by molar-refractivity contribution is 6.30. The maximum atomic E-state index is 11.9. The molecule has 1 aromatic heterocycles. The van der Waals surface area contributed by atoms with Crippen LogP contribution >= 0.6 is 11.6 Å². The third kappa shape index (κ3) is 6.90. The van der Waals surface area contributed by atoms with Crippen LogP contribution in [0.1, 0.15) is 16.8 Å². The van der Waals surface area contributed by atoms with Crippen molar-refractivity contribution < 1.29 is 4.79 Å². The monoisotopic (exact) mass is 421 g/mol. The number of carbonyl (C=O) groups excluding carboxylic acids is 1. The number of aromatic nitrogens is 2. The Balaban J connectivity index is 1.47. The van der Waals surface area contributed by atoms with Crippen molar-refractivity contribution in [3.05, 3.63) is 82.5 Å². The summed E-state index contributed by atoms with van der Waals surface area (Å²) >= 11 is 5.85. The van der Waals surface area contributed by atoms with Gasteiger partial charge in [-0.1, -0.05) is 41.4 Å². The SMILES string of the molecule is Cc1ccc(Nc2cc(C)nc(NCCNC(=O)/C=C/c3ccc(Cl)cc3)n2)cc1. The first-order valence-electron chi connectivity index (χ1n) is 9.63. The molecule has 1 amide bonds. The maximum Gasteiger partial charge on any atom is 0.244 e. The molecular weight excluding hydrogens is 398 g/mol. The second kappa shape index (κ2) is 10.4. The zero-order valence-corrected chi connectivity index (χ0v) is 17.7. The van der Waals surface area contributed by atoms with Crippen LogP contribution in [0.15, 0.2) is 60.7 Å². The fraction of sp³-hybridized carbons (Fsp3) is 0.174. The topological polar surface area (TPSA) is 78.9 Å². The summed E-state index contributed by atoms with van der Waals surface area (Å²) in [5.74, 6) is 1.05. The van der Waals surface area contributed by atoms with E-state index >= 15 is 0 Å². The molecule has 1 heterocycles. The van der Waals surface area contributed by atoms with Gasteiger partial charge in [-0.3, -0.25) is 4.79 Å². The zero-order valence-electron chi connectivity index (χ0n) is 16.9. The lowest BCUT2D eigenvalue weighted by Crippen LogP contribution is -2.27. The molecule has 0 atom stereocenters. The Kier molecular flexibility index (Phi) is 7.40. The highest BCUT2D eigenvalue weighted by Crippen LogP contribution is 2.17. The lowest BCUT2D eigenvalue weighted by Gasteiger charge is -2.10. The summed E-state index contributed by atoms with van der Waals surface area (Å²) in [6.07, 6.45) is 3.24. The number of nitrogens with zero attached hydrogens (tertiary/aromatic N) is 2. The summed E-state index contributed by atoms with van der Waals surface area (Å²) in [5, 5.41) is 9.91. The van der Waals surface area contributed by atoms with Crippen molar-refractivity contribution in [3.8, 4) is 0 Å². The number of hydrogen-bond acceptors (Lipinski definition) is 5. The van der Waals surface area contributed by atoms with Gasteiger partial charge in [0.25, 0.3) is 0 Å². The van der Waals surface area contributed by atoms with Gasteiger partial charge in [0.15, 0.2) is 0 Å². The lowest BCUT2D eigenvalue weighted by molar-refractivity contribution is -0.116. The molecule has 0 bridgehead atoms. The molecule has 30 heavy (non-hydrogen) atoms. The molecule has 3 rings (SSSR count). The van der Waals surface area contributed by atoms with Crippen molar-refractivity contribution in [2.24, 2.45) is 0 Å². The van der Waals surface area contributed by atoms with Crippen molar-refractivity contribution in [1.82, 2.24) is 15.3 Å². The van der Waals surface area contributed by atoms with Gasteiger partial charge in [-0.2, -0.15) is 4.98 Å². The van der Waals surface area contributed by atoms with Gasteiger partial charge in [0, 0.05) is 41.6 Å². The summed E-state index contributed by atoms with van der Waals surface area (Å²) in [6.45, 7) is 4.92. The Labute approximate surface area is 181 Å². The Bertz CT molecular complexity index is 1020. The standard InChI is InChI=1S/C23H24ClN5O/c1-16-3-10-20(11-4-16)28-21-15-17(2)27-23(29-21)26-14-13-25-22(30)12-7-18-5-8-19(24)9-6-18/h3-12,15H,13-14H2,1-2H3,(H,25,30)(H2,26,27,28,29)/b12-7+. The predicted octanol–water partition coefficient (Wildman–Crippen LogP) is 4.73. The Morgan fingerprint density at radius 3 is 2.47 bits per heavy atom. The number of nitrogens with one attached hydrogen (secondary N) is 3. The number of hydrogen-bond donors (Lipinski definition) is 3. The predicted molar refractivity (Wildman–Crippen MR) is 123 cm³/mol. The van der Waals surface area contributed by atoms with Gasteiger partial charge in [0.2, 0.25) is 11.9 Å². The van der Waals surface area contributed by atoms with E-state index in [1.54, 1.807) is 18.2 Å². The van der Waals surface area contributed by atoms with Crippen LogP contribution in [0.5, 0.6) is 0 Å². The average molecular weight is 422 g/mol. The van der Waals surface area contributed by atoms with Crippen LogP contribution in [-0.2, 0) is 4.79 Å². The Morgan fingerprint density at radius 2 is 1.73 bits per heavy atom. The fourth-order valence-electron chi connectivity index (χ4n) is 2.66. The van der Waals surface area contributed by atoms with Crippen molar-refractivity contribution in [1.29, 1.82) is 0 Å². The molecular formula is C23H24ClN5O. The van der Waals surface area contributed by atoms with E-state index in [4.69, 9.17) is 11.6 Å². The number of carbonyl (C=O) groups is 1. The zero-order chi connectivity index (χ0) is 21.3. The minimum atomic E-state index is -0.168. The molecule has 0 aliphatic carbocycles. The maximum absolute atomic E-state index is 11.9. The molecule has 0 aliphatic rings. The van der Waals surface area contributed by atoms with E-state index in [2.05, 4.69) is 25.9 Å². The van der Waals surface area contributed by atoms with E-state index in [0.717, 1.165) is 16.9 Å². The number of halogens is 1. The normalized spacial score (nSPS) is 10.8. The first-order valence-corrected chi connectivity index (χ1v) is 10.0. The van der Waals surface area contributed by atoms with Gasteiger partial charge in [0.05, 0.1) is 0 Å². The van der Waals surface area contributed by atoms with Crippen LogP contribution in [0.3, 0.4) is 0 Å². The molecule has 6 nitrogen and oxygen atoms in total. The summed E-state index contributed by atoms with van der Waals surface area (Å²) in [6, 6.07) is 17.3. The van der Waals surface area contributed by atoms with E-state index < -0.39 is 0 Å². The Morgan fingerprint density at radius 1 is 1.00 bits per heavy atom. The van der Waals surface area contributed by atoms with E-state index in [1.807, 2.05) is 56.3 Å². The molecule has 154 valence electrons. The lowest BCUT2D eigenvalue weighted by atomic mass is 10.2. The fourth-order valence-corrected chi connectivity index (χ4v) is 2.79. The van der Waals surface area contributed by atoms with Gasteiger partial charge in [-0.05, 0) is 49.8 Å². The summed E-state index contributed by atoms with van der Waals surface area (Å²) in [4.78, 5) is 20.8. The number of aryl methyl sites for hydroxylation is 2. The summed E-state index contributed by atoms with van der Waals surface area (Å²) in [7, 11) is 0. The van der Waals surface area contributed by atoms with Crippen LogP contribution < -0.4 is 16.0 Å². The molecule has 7 heteroatoms. The summed E-state index contributed by atoms with van der Waals surface area (Å²) in [5.41, 5.74) is 3.92. The molecule has 3 aromatic rings. The first kappa shape index (κ1) is 21.3. The van der Waals surface area contributed by atoms with Crippen molar-refractivity contribution >= 4 is 41.0 Å². The molecule has 0 radical (unpaired) electrons. The largest absolute Gasteiger partial charge is 0.352 e. The number of amides is 1. The molecule has 0 aliphatic heterocycles. The average Bonchev–Trinajstić information content (AvgIpc) is 2.72. The Hall–Kier alpha value is -3.38. The van der Waals surface area contributed by atoms with Gasteiger partial charge >= 0.3 is 0 Å². The first-order chi connectivity index (χ1) is 14.5. The number of benzene rings is 2. The van der Waals surface area contributed by atoms with Crippen molar-refractivity contribution in [2.75, 3.05) is 23.7 Å². The van der Waals surface area contributed by atoms with Crippen LogP contribution in [0.2, 0.25) is 5.02 Å². The van der Waals surface area contributed by atoms with E-state index in [1.165, 1.54) is 11.6 Å². The van der Waals surface area contributed by atoms with Gasteiger partial charge in [0.1, 0.15) is 5.82 Å². The molecule has 0 fully saturated rings. The number of anilines is 3. The van der Waals surface area contributed by atoms with E-state index in [0.29, 0.717) is 29.9 Å². The molecule has 0 unspecified atom stereocenters. The molecule has 2 aromatic carbocycles. The second-order valence-corrected chi connectivity index (χ2v) is 7.25. The highest BCUT2D eigenvalue weighted by atomic mass is 35.5. The quantitative estimate of drug-likeness (QED) is 0.362. The van der Waals surface area contributed by atoms with Crippen molar-refractivity contribution in [3.63, 3.8) is 0 Å². The van der Waals surface area contributed by atoms with E-state index in [-0.39, 0.29) is 5.91 Å². The third-order valence-electron chi connectivity index (χ3n) is 4.18. The van der Waals surface area contributed by atoms with Gasteiger partial charge in [-0.25, -0.2) is 4.98 Å². The van der Waals surface area contributed by atoms with Crippen LogP contribution in [0.4, 0.5) is 17.5 Å². The minimum absolute atomic E-state index is 0.168. The number of rotatable bonds is 8. The van der Waals surface area contributed by atoms with Crippen molar-refractivity contribution in [2.45, 2.75) is 13.8 Å². The third-order valence-corrected chi connectivity index (χ3v) is 4.43. The molecule has 3 N–H and O–H groups in total. The van der Waals surface area contributed by atoms with Crippen LogP contribution in [-0.4, -0.2) is 29.0 Å². The highest BCUT2D eigenvalue weighted by Gasteiger charge is 2.03. The van der Waals surface area contributed by atoms with Crippen LogP contribution in [0, 0.1) is 13.8 Å². The van der Waals surface area contributed by atoms with E-state index in [9.17, 15) is 4.79 Å². The molecule has 0 spiro atoms. The summed E-state index contributed by atoms with van der Waals surface area (Å²) < 4.78 is 0. The van der Waals surface area contributed by atoms with Crippen LogP contribution in [0.25, 0.3) is 6.08 Å². The molecule has 0 saturated carbocycles. The second-order valence-electron chi connectivity index (χ2n) is 6.81. The van der Waals surface area contributed by atoms with Gasteiger partial charge in [-0.15, -0.1) is 0 Å². The van der Waals surface area contributed by atoms with Gasteiger partial charge < -0.3 is 16.0 Å². The molecule has 0 saturated heterocycles.